The second-order valence-electron chi connectivity index (χ2n) is 14.7. The highest BCUT2D eigenvalue weighted by atomic mass is 19.1. The molecular weight excluding hydrogens is 622 g/mol. The molecule has 3 unspecified atom stereocenters. The number of ether oxygens (including phenoxy) is 1. The third-order valence-electron chi connectivity index (χ3n) is 10.6. The van der Waals surface area contributed by atoms with E-state index in [0.29, 0.717) is 47.8 Å². The number of carbonyl (C=O) groups is 1. The Balaban J connectivity index is 0.000000534. The second-order valence-corrected chi connectivity index (χ2v) is 14.7. The van der Waals surface area contributed by atoms with E-state index in [1.165, 1.54) is 49.5 Å². The minimum Gasteiger partial charge on any atom is -0.381 e. The molecule has 0 aromatic heterocycles. The number of benzene rings is 2. The van der Waals surface area contributed by atoms with Crippen LogP contribution in [0, 0.1) is 42.8 Å². The van der Waals surface area contributed by atoms with Gasteiger partial charge in [-0.2, -0.15) is 0 Å². The van der Waals surface area contributed by atoms with Gasteiger partial charge in [-0.3, -0.25) is 0 Å². The average molecular weight is 694 g/mol. The number of aryl methyl sites for hydroxylation is 2. The lowest BCUT2D eigenvalue weighted by molar-refractivity contribution is -0.116. The van der Waals surface area contributed by atoms with Crippen LogP contribution in [-0.4, -0.2) is 44.0 Å². The van der Waals surface area contributed by atoms with Crippen molar-refractivity contribution in [3.8, 4) is 0 Å². The molecule has 3 atom stereocenters. The molecule has 50 heavy (non-hydrogen) atoms. The quantitative estimate of drug-likeness (QED) is 0.252. The van der Waals surface area contributed by atoms with E-state index >= 15 is 0 Å². The molecule has 2 aliphatic rings. The number of hydrogen-bond acceptors (Lipinski definition) is 5. The SMILES string of the molecule is C/C=C(/C(C)=N)c1ccc2c(c1)N(C)C(C(CC)C(C)CC)N2C1CCC(OC)CC1.CCC(C)=O.CCC(C)C.Cc1ccc(C)c(F)c1. The number of Topliss-reactive ketones (excluding diaryl/α,β-unsaturated/α-hetero) is 1. The highest BCUT2D eigenvalue weighted by Crippen LogP contribution is 2.47. The van der Waals surface area contributed by atoms with Gasteiger partial charge in [-0.15, -0.1) is 0 Å². The monoisotopic (exact) mass is 694 g/mol. The number of nitrogens with zero attached hydrogens (tertiary/aromatic N) is 2. The fraction of sp³-hybridized carbons (Fsp3) is 0.636. The first kappa shape index (κ1) is 45.0. The van der Waals surface area contributed by atoms with Crippen molar-refractivity contribution in [3.05, 3.63) is 65.0 Å². The maximum absolute atomic E-state index is 12.6. The van der Waals surface area contributed by atoms with Gasteiger partial charge in [0.05, 0.1) is 17.5 Å². The number of nitrogens with one attached hydrogen (secondary N) is 1. The van der Waals surface area contributed by atoms with E-state index in [1.807, 2.05) is 40.9 Å². The lowest BCUT2D eigenvalue weighted by Crippen LogP contribution is -2.53. The Hall–Kier alpha value is -2.99. The van der Waals surface area contributed by atoms with Gasteiger partial charge in [-0.1, -0.05) is 85.6 Å². The van der Waals surface area contributed by atoms with Gasteiger partial charge in [0.15, 0.2) is 0 Å². The molecule has 0 amide bonds. The smallest absolute Gasteiger partial charge is 0.129 e. The summed E-state index contributed by atoms with van der Waals surface area (Å²) in [6.07, 6.45) is 11.9. The highest BCUT2D eigenvalue weighted by Gasteiger charge is 2.43. The van der Waals surface area contributed by atoms with Crippen molar-refractivity contribution in [1.82, 2.24) is 0 Å². The van der Waals surface area contributed by atoms with Crippen molar-refractivity contribution in [3.63, 3.8) is 0 Å². The van der Waals surface area contributed by atoms with Gasteiger partial charge in [0.25, 0.3) is 0 Å². The fourth-order valence-electron chi connectivity index (χ4n) is 6.64. The Labute approximate surface area is 306 Å². The van der Waals surface area contributed by atoms with Gasteiger partial charge in [-0.05, 0) is 119 Å². The summed E-state index contributed by atoms with van der Waals surface area (Å²) in [7, 11) is 4.14. The second kappa shape index (κ2) is 22.7. The molecular formula is C44H72FN3O2. The van der Waals surface area contributed by atoms with Crippen molar-refractivity contribution >= 4 is 28.4 Å². The summed E-state index contributed by atoms with van der Waals surface area (Å²) in [5, 5.41) is 8.19. The number of allylic oxidation sites excluding steroid dienone is 2. The molecule has 282 valence electrons. The Morgan fingerprint density at radius 3 is 1.92 bits per heavy atom. The summed E-state index contributed by atoms with van der Waals surface area (Å²) >= 11 is 0. The molecule has 2 aromatic rings. The molecule has 1 heterocycles. The number of methoxy groups -OCH3 is 1. The van der Waals surface area contributed by atoms with Crippen LogP contribution < -0.4 is 9.80 Å². The van der Waals surface area contributed by atoms with E-state index in [-0.39, 0.29) is 11.6 Å². The number of ketones is 1. The number of anilines is 2. The van der Waals surface area contributed by atoms with Crippen LogP contribution in [0.2, 0.25) is 0 Å². The lowest BCUT2D eigenvalue weighted by Gasteiger charge is -2.45. The summed E-state index contributed by atoms with van der Waals surface area (Å²) in [6.45, 7) is 24.7. The van der Waals surface area contributed by atoms with Gasteiger partial charge >= 0.3 is 0 Å². The highest BCUT2D eigenvalue weighted by molar-refractivity contribution is 6.21. The van der Waals surface area contributed by atoms with Gasteiger partial charge in [0, 0.05) is 38.2 Å². The number of halogens is 1. The van der Waals surface area contributed by atoms with Crippen LogP contribution in [0.25, 0.3) is 5.57 Å². The Morgan fingerprint density at radius 2 is 1.52 bits per heavy atom. The molecule has 1 saturated carbocycles. The lowest BCUT2D eigenvalue weighted by atomic mass is 9.84. The van der Waals surface area contributed by atoms with E-state index in [2.05, 4.69) is 82.7 Å². The zero-order valence-corrected chi connectivity index (χ0v) is 34.3. The molecule has 6 heteroatoms. The maximum Gasteiger partial charge on any atom is 0.129 e. The van der Waals surface area contributed by atoms with Gasteiger partial charge in [0.2, 0.25) is 0 Å². The number of rotatable bonds is 10. The molecule has 0 bridgehead atoms. The number of hydrogen-bond donors (Lipinski definition) is 1. The van der Waals surface area contributed by atoms with Crippen LogP contribution in [-0.2, 0) is 9.53 Å². The van der Waals surface area contributed by atoms with Crippen LogP contribution in [0.5, 0.6) is 0 Å². The fourth-order valence-corrected chi connectivity index (χ4v) is 6.64. The first-order chi connectivity index (χ1) is 23.6. The Bertz CT molecular complexity index is 1340. The minimum atomic E-state index is -0.116. The zero-order chi connectivity index (χ0) is 38.1. The zero-order valence-electron chi connectivity index (χ0n) is 34.3. The number of fused-ring (bicyclic) bond motifs is 1. The van der Waals surface area contributed by atoms with Crippen LogP contribution in [0.4, 0.5) is 15.8 Å². The predicted octanol–water partition coefficient (Wildman–Crippen LogP) is 12.2. The van der Waals surface area contributed by atoms with E-state index in [4.69, 9.17) is 10.1 Å². The van der Waals surface area contributed by atoms with E-state index in [0.717, 1.165) is 35.5 Å². The third-order valence-corrected chi connectivity index (χ3v) is 10.6. The van der Waals surface area contributed by atoms with Crippen LogP contribution in [0.3, 0.4) is 0 Å². The molecule has 0 saturated heterocycles. The van der Waals surface area contributed by atoms with Crippen LogP contribution >= 0.6 is 0 Å². The summed E-state index contributed by atoms with van der Waals surface area (Å²) < 4.78 is 18.2. The summed E-state index contributed by atoms with van der Waals surface area (Å²) in [4.78, 5) is 15.1. The van der Waals surface area contributed by atoms with Crippen molar-refractivity contribution in [2.45, 2.75) is 153 Å². The van der Waals surface area contributed by atoms with Crippen molar-refractivity contribution in [2.24, 2.45) is 17.8 Å². The summed E-state index contributed by atoms with van der Waals surface area (Å²) in [5.41, 5.74) is 7.18. The number of carbonyl (C=O) groups excluding carboxylic acids is 1. The molecule has 0 spiro atoms. The maximum atomic E-state index is 12.6. The molecule has 2 aromatic carbocycles. The molecule has 0 radical (unpaired) electrons. The standard InChI is InChI=1S/C27H43N3O.C8H9F.C5H12.C4H8O/c1-8-18(4)23(9-2)27-29(6)26-17-20(24(10-3)19(5)28)11-16-25(26)30(27)21-12-14-22(31-7)15-13-21;1-6-3-4-7(2)8(9)5-6;1-4-5(2)3;1-3-4(2)5/h10-11,16-18,21-23,27-28H,8-9,12-15H2,1-7H3;3-5H,1-2H3;5H,4H2,1-3H3;3H2,1-2H3/b24-10-,28-19?;;;. The first-order valence-corrected chi connectivity index (χ1v) is 19.2. The van der Waals surface area contributed by atoms with Crippen LogP contribution in [0.15, 0.2) is 42.5 Å². The minimum absolute atomic E-state index is 0.116. The van der Waals surface area contributed by atoms with Gasteiger partial charge in [-0.25, -0.2) is 4.39 Å². The molecule has 5 nitrogen and oxygen atoms in total. The summed E-state index contributed by atoms with van der Waals surface area (Å²) in [5.74, 6) is 2.32. The van der Waals surface area contributed by atoms with Crippen molar-refractivity contribution in [1.29, 1.82) is 5.41 Å². The molecule has 1 fully saturated rings. The molecule has 1 aliphatic carbocycles. The van der Waals surface area contributed by atoms with Crippen molar-refractivity contribution in [2.75, 3.05) is 24.0 Å². The summed E-state index contributed by atoms with van der Waals surface area (Å²) in [6, 6.07) is 12.6. The Kier molecular flexibility index (Phi) is 20.5. The third kappa shape index (κ3) is 13.3. The first-order valence-electron chi connectivity index (χ1n) is 19.2. The van der Waals surface area contributed by atoms with Gasteiger partial charge in [0.1, 0.15) is 17.8 Å². The van der Waals surface area contributed by atoms with E-state index in [1.54, 1.807) is 19.9 Å². The Morgan fingerprint density at radius 1 is 0.940 bits per heavy atom. The normalized spacial score (nSPS) is 19.6. The molecule has 1 N–H and O–H groups in total. The molecule has 4 rings (SSSR count). The molecule has 1 aliphatic heterocycles. The van der Waals surface area contributed by atoms with Crippen LogP contribution in [0.1, 0.15) is 137 Å². The van der Waals surface area contributed by atoms with Crippen molar-refractivity contribution < 1.29 is 13.9 Å². The average Bonchev–Trinajstić information content (AvgIpc) is 3.38. The largest absolute Gasteiger partial charge is 0.381 e. The van der Waals surface area contributed by atoms with Gasteiger partial charge < -0.3 is 24.7 Å². The van der Waals surface area contributed by atoms with E-state index in [9.17, 15) is 9.18 Å². The van der Waals surface area contributed by atoms with E-state index < -0.39 is 0 Å². The topological polar surface area (TPSA) is 56.6 Å². The predicted molar refractivity (Wildman–Crippen MR) is 216 cm³/mol.